The molecule has 0 heterocycles. The van der Waals surface area contributed by atoms with Gasteiger partial charge in [-0.25, -0.2) is 22.4 Å². The van der Waals surface area contributed by atoms with E-state index in [0.29, 0.717) is 17.4 Å². The quantitative estimate of drug-likeness (QED) is 0.502. The Kier molecular flexibility index (Phi) is 8.53. The number of nitrogens with one attached hydrogen (secondary N) is 1. The van der Waals surface area contributed by atoms with Crippen LogP contribution in [0.2, 0.25) is 0 Å². The first-order valence-electron chi connectivity index (χ1n) is 11.7. The Bertz CT molecular complexity index is 1180. The van der Waals surface area contributed by atoms with Crippen LogP contribution < -0.4 is 4.72 Å². The zero-order valence-electron chi connectivity index (χ0n) is 20.4. The van der Waals surface area contributed by atoms with Crippen molar-refractivity contribution in [2.24, 2.45) is 17.8 Å². The lowest BCUT2D eigenvalue weighted by molar-refractivity contribution is -0.159. The van der Waals surface area contributed by atoms with Crippen LogP contribution in [-0.4, -0.2) is 33.1 Å². The highest BCUT2D eigenvalue weighted by Gasteiger charge is 2.33. The third-order valence-electron chi connectivity index (χ3n) is 6.36. The summed E-state index contributed by atoms with van der Waals surface area (Å²) in [7, 11) is -4.08. The van der Waals surface area contributed by atoms with Crippen molar-refractivity contribution in [3.05, 3.63) is 59.4 Å². The molecule has 7 nitrogen and oxygen atoms in total. The first kappa shape index (κ1) is 26.7. The molecule has 0 amide bonds. The van der Waals surface area contributed by atoms with E-state index in [9.17, 15) is 22.4 Å². The lowest BCUT2D eigenvalue weighted by atomic mass is 9.75. The third-order valence-corrected chi connectivity index (χ3v) is 7.88. The van der Waals surface area contributed by atoms with Crippen LogP contribution in [0.3, 0.4) is 0 Å². The van der Waals surface area contributed by atoms with Gasteiger partial charge in [0.25, 0.3) is 10.0 Å². The first-order valence-corrected chi connectivity index (χ1v) is 13.2. The van der Waals surface area contributed by atoms with Gasteiger partial charge in [0.1, 0.15) is 11.9 Å². The zero-order chi connectivity index (χ0) is 25.8. The van der Waals surface area contributed by atoms with Gasteiger partial charge < -0.3 is 9.47 Å². The monoisotopic (exact) mass is 505 g/mol. The minimum Gasteiger partial charge on any atom is -0.460 e. The van der Waals surface area contributed by atoms with Gasteiger partial charge in [0.05, 0.1) is 10.5 Å². The molecule has 2 aromatic rings. The fourth-order valence-corrected chi connectivity index (χ4v) is 5.75. The molecule has 1 aliphatic carbocycles. The van der Waals surface area contributed by atoms with Gasteiger partial charge in [-0.3, -0.25) is 4.72 Å². The Morgan fingerprint density at radius 1 is 1.14 bits per heavy atom. The molecule has 0 radical (unpaired) electrons. The number of hydrogen-bond donors (Lipinski definition) is 1. The SMILES string of the molecule is Cc1ccc(F)cc1S(=O)(=O)Nc1cccc(C(=O)OCC(=O)OC2CC(C)CCC2C(C)C)c1. The summed E-state index contributed by atoms with van der Waals surface area (Å²) in [5.41, 5.74) is 0.530. The second-order valence-corrected chi connectivity index (χ2v) is 11.2. The van der Waals surface area contributed by atoms with E-state index >= 15 is 0 Å². The van der Waals surface area contributed by atoms with Gasteiger partial charge in [-0.05, 0) is 73.4 Å². The van der Waals surface area contributed by atoms with E-state index in [4.69, 9.17) is 9.47 Å². The largest absolute Gasteiger partial charge is 0.460 e. The van der Waals surface area contributed by atoms with Crippen LogP contribution in [0, 0.1) is 30.5 Å². The van der Waals surface area contributed by atoms with E-state index in [2.05, 4.69) is 25.5 Å². The molecule has 190 valence electrons. The summed E-state index contributed by atoms with van der Waals surface area (Å²) in [6.07, 6.45) is 2.68. The standard InChI is InChI=1S/C26H32FNO6S/c1-16(2)22-11-8-17(3)12-23(22)34-25(29)15-33-26(30)19-6-5-7-21(13-19)28-35(31,32)24-14-20(27)10-9-18(24)4/h5-7,9-10,13-14,16-17,22-23,28H,8,11-12,15H2,1-4H3. The molecule has 1 N–H and O–H groups in total. The van der Waals surface area contributed by atoms with Gasteiger partial charge in [0.15, 0.2) is 6.61 Å². The number of ether oxygens (including phenoxy) is 2. The minimum atomic E-state index is -4.08. The molecular weight excluding hydrogens is 473 g/mol. The molecule has 3 unspecified atom stereocenters. The van der Waals surface area contributed by atoms with Crippen molar-refractivity contribution in [1.29, 1.82) is 0 Å². The van der Waals surface area contributed by atoms with Gasteiger partial charge in [-0.1, -0.05) is 39.3 Å². The molecule has 9 heteroatoms. The number of hydrogen-bond acceptors (Lipinski definition) is 6. The van der Waals surface area contributed by atoms with Crippen LogP contribution in [0.5, 0.6) is 0 Å². The number of halogens is 1. The predicted octanol–water partition coefficient (Wildman–Crippen LogP) is 5.10. The Hall–Kier alpha value is -2.94. The van der Waals surface area contributed by atoms with E-state index in [1.54, 1.807) is 6.92 Å². The molecule has 2 aromatic carbocycles. The Balaban J connectivity index is 1.62. The number of sulfonamides is 1. The number of benzene rings is 2. The summed E-state index contributed by atoms with van der Waals surface area (Å²) < 4.78 is 52.1. The molecule has 0 aromatic heterocycles. The van der Waals surface area contributed by atoms with Crippen molar-refractivity contribution in [1.82, 2.24) is 0 Å². The van der Waals surface area contributed by atoms with Crippen molar-refractivity contribution in [2.45, 2.75) is 58.0 Å². The van der Waals surface area contributed by atoms with Gasteiger partial charge in [0, 0.05) is 5.69 Å². The van der Waals surface area contributed by atoms with E-state index < -0.39 is 34.4 Å². The maximum absolute atomic E-state index is 13.6. The number of aryl methyl sites for hydroxylation is 1. The third kappa shape index (κ3) is 7.04. The minimum absolute atomic E-state index is 0.0558. The van der Waals surface area contributed by atoms with Gasteiger partial charge in [-0.2, -0.15) is 0 Å². The van der Waals surface area contributed by atoms with Crippen LogP contribution in [0.4, 0.5) is 10.1 Å². The molecular formula is C26H32FNO6S. The second kappa shape index (κ2) is 11.2. The smallest absolute Gasteiger partial charge is 0.344 e. The normalized spacial score (nSPS) is 20.3. The van der Waals surface area contributed by atoms with Gasteiger partial charge in [0.2, 0.25) is 0 Å². The van der Waals surface area contributed by atoms with Gasteiger partial charge >= 0.3 is 11.9 Å². The summed E-state index contributed by atoms with van der Waals surface area (Å²) in [4.78, 5) is 24.7. The van der Waals surface area contributed by atoms with Crippen LogP contribution in [0.1, 0.15) is 56.0 Å². The number of anilines is 1. The highest BCUT2D eigenvalue weighted by Crippen LogP contribution is 2.35. The molecule has 0 spiro atoms. The van der Waals surface area contributed by atoms with Gasteiger partial charge in [-0.15, -0.1) is 0 Å². The number of carbonyl (C=O) groups excluding carboxylic acids is 2. The maximum atomic E-state index is 13.6. The van der Waals surface area contributed by atoms with Crippen LogP contribution in [0.25, 0.3) is 0 Å². The van der Waals surface area contributed by atoms with E-state index in [0.717, 1.165) is 25.3 Å². The number of esters is 2. The molecule has 0 saturated heterocycles. The molecule has 3 rings (SSSR count). The van der Waals surface area contributed by atoms with E-state index in [-0.39, 0.29) is 28.2 Å². The molecule has 35 heavy (non-hydrogen) atoms. The Morgan fingerprint density at radius 2 is 1.89 bits per heavy atom. The van der Waals surface area contributed by atoms with Crippen molar-refractivity contribution >= 4 is 27.6 Å². The zero-order valence-corrected chi connectivity index (χ0v) is 21.2. The molecule has 0 bridgehead atoms. The fourth-order valence-electron chi connectivity index (χ4n) is 4.44. The fraction of sp³-hybridized carbons (Fsp3) is 0.462. The number of rotatable bonds is 8. The van der Waals surface area contributed by atoms with Crippen molar-refractivity contribution in [3.8, 4) is 0 Å². The average Bonchev–Trinajstić information content (AvgIpc) is 2.78. The molecule has 0 aliphatic heterocycles. The first-order chi connectivity index (χ1) is 16.5. The highest BCUT2D eigenvalue weighted by atomic mass is 32.2. The lowest BCUT2D eigenvalue weighted by Crippen LogP contribution is -2.36. The predicted molar refractivity (Wildman–Crippen MR) is 130 cm³/mol. The van der Waals surface area contributed by atoms with Crippen LogP contribution in [-0.2, 0) is 24.3 Å². The van der Waals surface area contributed by atoms with Crippen molar-refractivity contribution in [2.75, 3.05) is 11.3 Å². The molecule has 1 saturated carbocycles. The summed E-state index contributed by atoms with van der Waals surface area (Å²) >= 11 is 0. The summed E-state index contributed by atoms with van der Waals surface area (Å²) in [6, 6.07) is 9.13. The summed E-state index contributed by atoms with van der Waals surface area (Å²) in [5, 5.41) is 0. The van der Waals surface area contributed by atoms with E-state index in [1.807, 2.05) is 0 Å². The lowest BCUT2D eigenvalue weighted by Gasteiger charge is -2.36. The molecule has 1 aliphatic rings. The van der Waals surface area contributed by atoms with Crippen molar-refractivity contribution < 1.29 is 31.9 Å². The summed E-state index contributed by atoms with van der Waals surface area (Å²) in [5.74, 6) is -0.956. The van der Waals surface area contributed by atoms with Crippen molar-refractivity contribution in [3.63, 3.8) is 0 Å². The summed E-state index contributed by atoms with van der Waals surface area (Å²) in [6.45, 7) is 7.37. The second-order valence-electron chi connectivity index (χ2n) is 9.53. The molecule has 1 fully saturated rings. The molecule has 3 atom stereocenters. The van der Waals surface area contributed by atoms with E-state index in [1.165, 1.54) is 36.4 Å². The average molecular weight is 506 g/mol. The van der Waals surface area contributed by atoms with Crippen LogP contribution >= 0.6 is 0 Å². The highest BCUT2D eigenvalue weighted by molar-refractivity contribution is 7.92. The topological polar surface area (TPSA) is 98.8 Å². The Morgan fingerprint density at radius 3 is 2.60 bits per heavy atom. The maximum Gasteiger partial charge on any atom is 0.344 e. The number of carbonyl (C=O) groups is 2. The Labute approximate surface area is 206 Å². The van der Waals surface area contributed by atoms with Crippen LogP contribution in [0.15, 0.2) is 47.4 Å².